The van der Waals surface area contributed by atoms with Crippen molar-refractivity contribution in [3.8, 4) is 22.3 Å². The molecular formula is C37H37FN8O4. The van der Waals surface area contributed by atoms with Crippen LogP contribution in [0, 0.1) is 11.7 Å². The number of anilines is 2. The number of amides is 3. The Morgan fingerprint density at radius 1 is 0.960 bits per heavy atom. The van der Waals surface area contributed by atoms with E-state index in [2.05, 4.69) is 21.5 Å². The molecule has 3 aromatic heterocycles. The average molecular weight is 677 g/mol. The molecule has 7 rings (SSSR count). The lowest BCUT2D eigenvalue weighted by molar-refractivity contribution is -0.135. The Morgan fingerprint density at radius 3 is 2.24 bits per heavy atom. The molecule has 13 heteroatoms. The molecule has 5 N–H and O–H groups in total. The van der Waals surface area contributed by atoms with Gasteiger partial charge in [0.2, 0.25) is 11.3 Å². The maximum Gasteiger partial charge on any atom is 0.266 e. The standard InChI is InChI=1S/C37H37FN8O4/c1-20(2)37(50)44-15-13-22(14-16-44)29-17-27(31-34(39)41-19-42-46(29)31)21-5-9-25(10-6-21)43-36(49)28-18-45(26-11-12-26)32(35(40)48)30(33(28)47)23-3-7-24(38)8-4-23/h3-10,17-20,22,26H,11-16H2,1-2H3,(H2,40,48)(H,43,49)(H2,39,41,42). The lowest BCUT2D eigenvalue weighted by atomic mass is 9.92. The third-order valence-electron chi connectivity index (χ3n) is 9.57. The van der Waals surface area contributed by atoms with Crippen molar-refractivity contribution in [3.63, 3.8) is 0 Å². The van der Waals surface area contributed by atoms with Crippen LogP contribution in [0.2, 0.25) is 0 Å². The third kappa shape index (κ3) is 5.99. The molecule has 2 aliphatic rings. The number of hydrogen-bond donors (Lipinski definition) is 3. The SMILES string of the molecule is CC(C)C(=O)N1CCC(c2cc(-c3ccc(NC(=O)c4cn(C5CC5)c(C(N)=O)c(-c5ccc(F)cc5)c4=O)cc3)c3c(N)ncnn23)CC1. The average Bonchev–Trinajstić information content (AvgIpc) is 3.88. The molecule has 256 valence electrons. The summed E-state index contributed by atoms with van der Waals surface area (Å²) in [5.74, 6) is -1.37. The number of aromatic nitrogens is 4. The van der Waals surface area contributed by atoms with Crippen molar-refractivity contribution in [1.29, 1.82) is 0 Å². The first kappa shape index (κ1) is 32.7. The second-order valence-electron chi connectivity index (χ2n) is 13.3. The van der Waals surface area contributed by atoms with Crippen LogP contribution >= 0.6 is 0 Å². The first-order valence-corrected chi connectivity index (χ1v) is 16.7. The third-order valence-corrected chi connectivity index (χ3v) is 9.57. The van der Waals surface area contributed by atoms with Gasteiger partial charge in [-0.1, -0.05) is 38.1 Å². The number of carbonyl (C=O) groups is 3. The number of pyridine rings is 1. The molecule has 50 heavy (non-hydrogen) atoms. The van der Waals surface area contributed by atoms with Gasteiger partial charge in [0.1, 0.15) is 28.9 Å². The van der Waals surface area contributed by atoms with Crippen molar-refractivity contribution in [2.75, 3.05) is 24.1 Å². The maximum atomic E-state index is 13.8. The molecule has 0 atom stereocenters. The lowest BCUT2D eigenvalue weighted by Crippen LogP contribution is -2.40. The summed E-state index contributed by atoms with van der Waals surface area (Å²) >= 11 is 0. The van der Waals surface area contributed by atoms with Crippen molar-refractivity contribution in [2.45, 2.75) is 51.5 Å². The van der Waals surface area contributed by atoms with E-state index in [1.807, 2.05) is 35.4 Å². The number of piperidine rings is 1. The van der Waals surface area contributed by atoms with E-state index in [1.54, 1.807) is 16.7 Å². The highest BCUT2D eigenvalue weighted by atomic mass is 19.1. The van der Waals surface area contributed by atoms with Crippen LogP contribution < -0.4 is 22.2 Å². The number of hydrogen-bond acceptors (Lipinski definition) is 7. The van der Waals surface area contributed by atoms with E-state index in [0.717, 1.165) is 42.5 Å². The summed E-state index contributed by atoms with van der Waals surface area (Å²) in [5.41, 5.74) is 15.2. The molecule has 1 aliphatic heterocycles. The molecule has 0 unspecified atom stereocenters. The zero-order valence-electron chi connectivity index (χ0n) is 27.7. The molecule has 4 heterocycles. The Hall–Kier alpha value is -5.85. The largest absolute Gasteiger partial charge is 0.382 e. The van der Waals surface area contributed by atoms with Gasteiger partial charge in [-0.3, -0.25) is 19.2 Å². The fraction of sp³-hybridized carbons (Fsp3) is 0.297. The molecule has 2 fully saturated rings. The summed E-state index contributed by atoms with van der Waals surface area (Å²) in [4.78, 5) is 58.8. The topological polar surface area (TPSA) is 171 Å². The second kappa shape index (κ2) is 12.9. The minimum atomic E-state index is -0.810. The van der Waals surface area contributed by atoms with Gasteiger partial charge in [0.25, 0.3) is 11.8 Å². The van der Waals surface area contributed by atoms with E-state index in [4.69, 9.17) is 11.5 Å². The van der Waals surface area contributed by atoms with Gasteiger partial charge in [0.05, 0.1) is 5.56 Å². The smallest absolute Gasteiger partial charge is 0.266 e. The van der Waals surface area contributed by atoms with E-state index >= 15 is 0 Å². The Bertz CT molecular complexity index is 2200. The van der Waals surface area contributed by atoms with Gasteiger partial charge in [-0.05, 0) is 67.1 Å². The van der Waals surface area contributed by atoms with Gasteiger partial charge in [0.15, 0.2) is 5.82 Å². The van der Waals surface area contributed by atoms with Crippen LogP contribution in [0.25, 0.3) is 27.8 Å². The zero-order valence-corrected chi connectivity index (χ0v) is 27.7. The number of carbonyl (C=O) groups excluding carboxylic acids is 3. The molecule has 0 spiro atoms. The number of halogens is 1. The summed E-state index contributed by atoms with van der Waals surface area (Å²) in [6.45, 7) is 5.16. The molecule has 1 saturated heterocycles. The number of fused-ring (bicyclic) bond motifs is 1. The summed E-state index contributed by atoms with van der Waals surface area (Å²) < 4.78 is 17.2. The number of primary amides is 1. The van der Waals surface area contributed by atoms with E-state index in [1.165, 1.54) is 36.8 Å². The summed E-state index contributed by atoms with van der Waals surface area (Å²) in [5, 5.41) is 7.34. The summed E-state index contributed by atoms with van der Waals surface area (Å²) in [7, 11) is 0. The van der Waals surface area contributed by atoms with Gasteiger partial charge in [-0.2, -0.15) is 5.10 Å². The number of nitrogens with two attached hydrogens (primary N) is 2. The van der Waals surface area contributed by atoms with Gasteiger partial charge >= 0.3 is 0 Å². The number of nitrogen functional groups attached to an aromatic ring is 1. The fourth-order valence-corrected chi connectivity index (χ4v) is 6.87. The normalized spacial score (nSPS) is 15.1. The number of nitrogens with zero attached hydrogens (tertiary/aromatic N) is 5. The van der Waals surface area contributed by atoms with E-state index < -0.39 is 23.1 Å². The van der Waals surface area contributed by atoms with Gasteiger partial charge in [0, 0.05) is 54.1 Å². The van der Waals surface area contributed by atoms with E-state index in [-0.39, 0.29) is 46.2 Å². The quantitative estimate of drug-likeness (QED) is 0.208. The van der Waals surface area contributed by atoms with Gasteiger partial charge < -0.3 is 26.3 Å². The van der Waals surface area contributed by atoms with Crippen molar-refractivity contribution in [3.05, 3.63) is 100 Å². The molecule has 5 aromatic rings. The highest BCUT2D eigenvalue weighted by molar-refractivity contribution is 6.07. The van der Waals surface area contributed by atoms with E-state index in [9.17, 15) is 23.6 Å². The fourth-order valence-electron chi connectivity index (χ4n) is 6.87. The number of benzene rings is 2. The van der Waals surface area contributed by atoms with Crippen LogP contribution in [0.3, 0.4) is 0 Å². The Morgan fingerprint density at radius 2 is 1.62 bits per heavy atom. The van der Waals surface area contributed by atoms with Crippen molar-refractivity contribution < 1.29 is 18.8 Å². The molecule has 12 nitrogen and oxygen atoms in total. The van der Waals surface area contributed by atoms with Crippen LogP contribution in [-0.4, -0.2) is 54.9 Å². The van der Waals surface area contributed by atoms with Crippen LogP contribution in [0.15, 0.2) is 71.9 Å². The highest BCUT2D eigenvalue weighted by Gasteiger charge is 2.32. The number of likely N-dealkylation sites (tertiary alicyclic amines) is 1. The predicted molar refractivity (Wildman–Crippen MR) is 187 cm³/mol. The molecule has 1 saturated carbocycles. The summed E-state index contributed by atoms with van der Waals surface area (Å²) in [6, 6.07) is 14.3. The van der Waals surface area contributed by atoms with Crippen LogP contribution in [-0.2, 0) is 4.79 Å². The summed E-state index contributed by atoms with van der Waals surface area (Å²) in [6.07, 6.45) is 5.93. The molecular weight excluding hydrogens is 639 g/mol. The number of nitrogens with one attached hydrogen (secondary N) is 1. The van der Waals surface area contributed by atoms with Gasteiger partial charge in [-0.25, -0.2) is 13.9 Å². The monoisotopic (exact) mass is 676 g/mol. The molecule has 3 amide bonds. The van der Waals surface area contributed by atoms with Crippen LogP contribution in [0.5, 0.6) is 0 Å². The van der Waals surface area contributed by atoms with Crippen molar-refractivity contribution in [1.82, 2.24) is 24.1 Å². The zero-order chi connectivity index (χ0) is 35.3. The molecule has 0 radical (unpaired) electrons. The first-order chi connectivity index (χ1) is 24.0. The maximum absolute atomic E-state index is 13.8. The van der Waals surface area contributed by atoms with Crippen molar-refractivity contribution in [2.24, 2.45) is 11.7 Å². The Kier molecular flexibility index (Phi) is 8.42. The van der Waals surface area contributed by atoms with Gasteiger partial charge in [-0.15, -0.1) is 0 Å². The second-order valence-corrected chi connectivity index (χ2v) is 13.3. The Balaban J connectivity index is 1.18. The Labute approximate surface area is 286 Å². The lowest BCUT2D eigenvalue weighted by Gasteiger charge is -2.33. The first-order valence-electron chi connectivity index (χ1n) is 16.7. The number of rotatable bonds is 8. The molecule has 2 aromatic carbocycles. The van der Waals surface area contributed by atoms with Crippen molar-refractivity contribution >= 4 is 34.7 Å². The van der Waals surface area contributed by atoms with E-state index in [0.29, 0.717) is 30.1 Å². The predicted octanol–water partition coefficient (Wildman–Crippen LogP) is 4.99. The van der Waals surface area contributed by atoms with Crippen LogP contribution in [0.1, 0.15) is 78.0 Å². The molecule has 1 aliphatic carbocycles. The highest BCUT2D eigenvalue weighted by Crippen LogP contribution is 2.39. The molecule has 0 bridgehead atoms. The van der Waals surface area contributed by atoms with Crippen LogP contribution in [0.4, 0.5) is 15.9 Å². The minimum absolute atomic E-state index is 0.0120. The minimum Gasteiger partial charge on any atom is -0.382 e.